The smallest absolute Gasteiger partial charge is 0.331 e. The van der Waals surface area contributed by atoms with Gasteiger partial charge in [0.15, 0.2) is 0 Å². The van der Waals surface area contributed by atoms with Crippen molar-refractivity contribution in [2.24, 2.45) is 23.2 Å². The quantitative estimate of drug-likeness (QED) is 0.0309. The van der Waals surface area contributed by atoms with Crippen LogP contribution in [0.2, 0.25) is 0 Å². The van der Waals surface area contributed by atoms with Crippen molar-refractivity contribution in [3.05, 3.63) is 71.9 Å². The molecule has 0 aromatic heterocycles. The van der Waals surface area contributed by atoms with Gasteiger partial charge in [-0.3, -0.25) is 14.4 Å². The first-order valence-electron chi connectivity index (χ1n) is 24.3. The molecule has 2 saturated heterocycles. The minimum absolute atomic E-state index is 0.0221. The van der Waals surface area contributed by atoms with Gasteiger partial charge in [-0.05, 0) is 45.4 Å². The topological polar surface area (TPSA) is 212 Å². The van der Waals surface area contributed by atoms with Crippen molar-refractivity contribution >= 4 is 41.5 Å². The Hall–Kier alpha value is -4.26. The van der Waals surface area contributed by atoms with Gasteiger partial charge in [0, 0.05) is 67.2 Å². The van der Waals surface area contributed by atoms with Gasteiger partial charge in [0.1, 0.15) is 6.10 Å². The van der Waals surface area contributed by atoms with Crippen LogP contribution in [0.25, 0.3) is 0 Å². The molecule has 16 nitrogen and oxygen atoms in total. The summed E-state index contributed by atoms with van der Waals surface area (Å²) < 4.78 is 28.3. The average molecular weight is 970 g/mol. The van der Waals surface area contributed by atoms with Crippen molar-refractivity contribution in [1.82, 2.24) is 26.6 Å². The molecule has 380 valence electrons. The van der Waals surface area contributed by atoms with Crippen LogP contribution < -0.4 is 26.6 Å². The fraction of sp³-hybridized carbons (Fsp3) is 0.667. The molecule has 5 amide bonds. The summed E-state index contributed by atoms with van der Waals surface area (Å²) in [7, 11) is 0. The lowest BCUT2D eigenvalue weighted by atomic mass is 9.68. The standard InChI is InChI=1S/C51H79N5O11S/c1-34-11-10-14-46(60)67-49(37(4)48(61)38(5)53-39(6)57)36(3)16-15-35(2)31-40-17-18-41(32-51(40,7)21-19-34)54-45(59)20-23-63-25-27-65-29-30-66-28-26-64-24-22-52-44(58)13-9-8-12-43-47-42(33-68-43)55-50(62)56-47/h10-11,14-19,21,31,36-38,40-43,47-49,61H,8-9,12-13,20,22-30,32-33H2,1-7H3,(H,52,58)(H,53,57)(H,54,59)(H2,55,56,62)/b14-10-,16-15-,21-19-,34-11-,35-31-/t36-,37-,38-,40-,41-,42+,43+,47+,48+,49-,51-/m1/s1. The van der Waals surface area contributed by atoms with E-state index in [1.54, 1.807) is 13.0 Å². The summed E-state index contributed by atoms with van der Waals surface area (Å²) in [6.07, 6.45) is 22.0. The highest BCUT2D eigenvalue weighted by molar-refractivity contribution is 8.00. The van der Waals surface area contributed by atoms with Gasteiger partial charge in [-0.1, -0.05) is 93.0 Å². The maximum atomic E-state index is 13.0. The fourth-order valence-corrected chi connectivity index (χ4v) is 10.4. The molecule has 0 aromatic carbocycles. The van der Waals surface area contributed by atoms with Crippen molar-refractivity contribution in [3.8, 4) is 0 Å². The number of unbranched alkanes of at least 4 members (excludes halogenated alkanes) is 1. The number of allylic oxidation sites excluding steroid dienone is 9. The van der Waals surface area contributed by atoms with Crippen molar-refractivity contribution in [3.63, 3.8) is 0 Å². The van der Waals surface area contributed by atoms with Crippen LogP contribution in [0.3, 0.4) is 0 Å². The molecule has 0 saturated carbocycles. The molecule has 17 heteroatoms. The summed E-state index contributed by atoms with van der Waals surface area (Å²) in [4.78, 5) is 61.4. The molecular weight excluding hydrogens is 891 g/mol. The SMILES string of the molecule is CC(=O)N[C@H](C)[C@@H](O)[C@@H](C)[C@@H]1OC(=O)\C=C/C=C(C)\C=C/[C@]2(C)C[C@H](NC(=O)CCOCCOCCOCCOCCNC(=O)CCCC[C@@H]3SC[C@@H]4NC(=O)N[C@@H]43)C=C[C@@H]2/C=C(C)\C=C/[C@H]1C. The summed E-state index contributed by atoms with van der Waals surface area (Å²) in [5, 5.41) is 26.3. The number of aliphatic hydroxyl groups is 1. The number of thioether (sulfide) groups is 1. The van der Waals surface area contributed by atoms with E-state index < -0.39 is 30.1 Å². The van der Waals surface area contributed by atoms with Crippen LogP contribution in [0.4, 0.5) is 4.79 Å². The summed E-state index contributed by atoms with van der Waals surface area (Å²) >= 11 is 1.89. The predicted molar refractivity (Wildman–Crippen MR) is 265 cm³/mol. The number of esters is 1. The molecule has 0 aromatic rings. The van der Waals surface area contributed by atoms with E-state index in [9.17, 15) is 29.1 Å². The Kier molecular flexibility index (Phi) is 24.6. The molecule has 4 rings (SSSR count). The third kappa shape index (κ3) is 20.0. The maximum Gasteiger partial charge on any atom is 0.331 e. The van der Waals surface area contributed by atoms with Crippen LogP contribution in [0.15, 0.2) is 71.9 Å². The number of cyclic esters (lactones) is 1. The van der Waals surface area contributed by atoms with Crippen molar-refractivity contribution < 1.29 is 52.8 Å². The monoisotopic (exact) mass is 970 g/mol. The van der Waals surface area contributed by atoms with Gasteiger partial charge >= 0.3 is 12.0 Å². The average Bonchev–Trinajstić information content (AvgIpc) is 3.85. The van der Waals surface area contributed by atoms with Gasteiger partial charge in [-0.2, -0.15) is 11.8 Å². The number of ether oxygens (including phenoxy) is 5. The van der Waals surface area contributed by atoms with Crippen molar-refractivity contribution in [2.75, 3.05) is 65.2 Å². The number of rotatable bonds is 25. The lowest BCUT2D eigenvalue weighted by Crippen LogP contribution is -2.48. The van der Waals surface area contributed by atoms with E-state index in [4.69, 9.17) is 23.7 Å². The lowest BCUT2D eigenvalue weighted by molar-refractivity contribution is -0.151. The zero-order valence-corrected chi connectivity index (χ0v) is 42.1. The summed E-state index contributed by atoms with van der Waals surface area (Å²) in [6, 6.07) is -0.353. The molecule has 2 fully saturated rings. The molecule has 4 aliphatic rings. The van der Waals surface area contributed by atoms with Crippen LogP contribution in [0.5, 0.6) is 0 Å². The number of urea groups is 1. The van der Waals surface area contributed by atoms with Gasteiger partial charge in [0.05, 0.1) is 77.1 Å². The summed E-state index contributed by atoms with van der Waals surface area (Å²) in [6.45, 7) is 16.6. The first-order valence-corrected chi connectivity index (χ1v) is 25.4. The van der Waals surface area contributed by atoms with Gasteiger partial charge in [0.2, 0.25) is 17.7 Å². The second-order valence-corrected chi connectivity index (χ2v) is 20.0. The van der Waals surface area contributed by atoms with E-state index in [1.807, 2.05) is 63.8 Å². The van der Waals surface area contributed by atoms with E-state index >= 15 is 0 Å². The Labute approximate surface area is 408 Å². The normalized spacial score (nSPS) is 30.3. The molecule has 0 bridgehead atoms. The number of amides is 5. The van der Waals surface area contributed by atoms with E-state index in [-0.39, 0.29) is 72.2 Å². The van der Waals surface area contributed by atoms with Crippen LogP contribution in [0, 0.1) is 23.2 Å². The van der Waals surface area contributed by atoms with Crippen molar-refractivity contribution in [1.29, 1.82) is 0 Å². The Morgan fingerprint density at radius 1 is 0.882 bits per heavy atom. The van der Waals surface area contributed by atoms with Gasteiger partial charge in [-0.15, -0.1) is 0 Å². The number of hydrogen-bond donors (Lipinski definition) is 6. The molecule has 3 aliphatic heterocycles. The molecular formula is C51H79N5O11S. The van der Waals surface area contributed by atoms with Crippen LogP contribution in [-0.4, -0.2) is 142 Å². The van der Waals surface area contributed by atoms with Crippen molar-refractivity contribution in [2.45, 2.75) is 129 Å². The van der Waals surface area contributed by atoms with Gasteiger partial charge in [-0.25, -0.2) is 9.59 Å². The molecule has 6 N–H and O–H groups in total. The Morgan fingerprint density at radius 2 is 1.57 bits per heavy atom. The van der Waals surface area contributed by atoms with Crippen LogP contribution in [0.1, 0.15) is 87.0 Å². The first kappa shape index (κ1) is 56.3. The number of aliphatic hydroxyl groups excluding tert-OH is 1. The number of carbonyl (C=O) groups is 5. The molecule has 1 aliphatic carbocycles. The van der Waals surface area contributed by atoms with Crippen LogP contribution >= 0.6 is 11.8 Å². The summed E-state index contributed by atoms with van der Waals surface area (Å²) in [5.41, 5.74) is 1.60. The Bertz CT molecular complexity index is 1840. The molecule has 68 heavy (non-hydrogen) atoms. The second kappa shape index (κ2) is 29.7. The number of nitrogens with one attached hydrogen (secondary N) is 5. The van der Waals surface area contributed by atoms with E-state index in [1.165, 1.54) is 13.0 Å². The largest absolute Gasteiger partial charge is 0.458 e. The molecule has 0 spiro atoms. The molecule has 0 radical (unpaired) electrons. The maximum absolute atomic E-state index is 13.0. The number of hydrogen-bond acceptors (Lipinski definition) is 12. The molecule has 11 atom stereocenters. The zero-order chi connectivity index (χ0) is 49.5. The zero-order valence-electron chi connectivity index (χ0n) is 41.3. The number of carbonyl (C=O) groups excluding carboxylic acids is 5. The summed E-state index contributed by atoms with van der Waals surface area (Å²) in [5.74, 6) is -0.609. The highest BCUT2D eigenvalue weighted by atomic mass is 32.2. The van der Waals surface area contributed by atoms with Crippen LogP contribution in [-0.2, 0) is 42.9 Å². The van der Waals surface area contributed by atoms with Gasteiger partial charge < -0.3 is 55.4 Å². The molecule has 0 unspecified atom stereocenters. The second-order valence-electron chi connectivity index (χ2n) is 18.7. The van der Waals surface area contributed by atoms with E-state index in [0.29, 0.717) is 70.9 Å². The lowest BCUT2D eigenvalue weighted by Gasteiger charge is -2.39. The highest BCUT2D eigenvalue weighted by Crippen LogP contribution is 2.41. The van der Waals surface area contributed by atoms with E-state index in [2.05, 4.69) is 57.8 Å². The minimum Gasteiger partial charge on any atom is -0.458 e. The predicted octanol–water partition coefficient (Wildman–Crippen LogP) is 5.00. The van der Waals surface area contributed by atoms with Gasteiger partial charge in [0.25, 0.3) is 0 Å². The molecule has 3 heterocycles. The Morgan fingerprint density at radius 3 is 2.28 bits per heavy atom. The fourth-order valence-electron chi connectivity index (χ4n) is 8.84. The third-order valence-electron chi connectivity index (χ3n) is 12.8. The number of fused-ring (bicyclic) bond motifs is 2. The first-order chi connectivity index (χ1) is 32.5. The third-order valence-corrected chi connectivity index (χ3v) is 14.3. The Balaban J connectivity index is 1.09. The highest BCUT2D eigenvalue weighted by Gasteiger charge is 2.42. The van der Waals surface area contributed by atoms with E-state index in [0.717, 1.165) is 36.2 Å². The minimum atomic E-state index is -0.947.